The summed E-state index contributed by atoms with van der Waals surface area (Å²) >= 11 is 0. The first-order chi connectivity index (χ1) is 26.5. The minimum absolute atomic E-state index is 0.0516. The van der Waals surface area contributed by atoms with Gasteiger partial charge in [-0.2, -0.15) is 0 Å². The zero-order chi connectivity index (χ0) is 37.2. The highest BCUT2D eigenvalue weighted by Crippen LogP contribution is 2.41. The van der Waals surface area contributed by atoms with Crippen LogP contribution < -0.4 is 4.74 Å². The first-order valence-electron chi connectivity index (χ1n) is 17.9. The number of benzene rings is 6. The molecule has 7 rings (SSSR count). The summed E-state index contributed by atoms with van der Waals surface area (Å²) in [6.07, 6.45) is -5.07. The predicted octanol–water partition coefficient (Wildman–Crippen LogP) is 8.24. The third-order valence-electron chi connectivity index (χ3n) is 9.50. The van der Waals surface area contributed by atoms with E-state index in [0.29, 0.717) is 5.75 Å². The van der Waals surface area contributed by atoms with Gasteiger partial charge in [-0.3, -0.25) is 10.1 Å². The Morgan fingerprint density at radius 1 is 0.574 bits per heavy atom. The Labute approximate surface area is 314 Å². The zero-order valence-corrected chi connectivity index (χ0v) is 29.5. The first-order valence-corrected chi connectivity index (χ1v) is 17.9. The number of aliphatic hydroxyl groups is 1. The molecule has 0 aromatic heterocycles. The Balaban J connectivity index is 1.28. The van der Waals surface area contributed by atoms with E-state index in [1.165, 1.54) is 24.3 Å². The van der Waals surface area contributed by atoms with E-state index in [-0.39, 0.29) is 25.5 Å². The molecule has 274 valence electrons. The van der Waals surface area contributed by atoms with Gasteiger partial charge in [0.25, 0.3) is 5.69 Å². The van der Waals surface area contributed by atoms with Crippen LogP contribution in [-0.2, 0) is 37.8 Å². The van der Waals surface area contributed by atoms with Crippen LogP contribution in [0.3, 0.4) is 0 Å². The summed E-state index contributed by atoms with van der Waals surface area (Å²) in [5.74, 6) is 0.353. The maximum absolute atomic E-state index is 11.7. The van der Waals surface area contributed by atoms with Crippen molar-refractivity contribution in [2.45, 2.75) is 49.5 Å². The van der Waals surface area contributed by atoms with Gasteiger partial charge in [0.1, 0.15) is 29.7 Å². The van der Waals surface area contributed by atoms with Crippen LogP contribution in [0.5, 0.6) is 5.75 Å². The Morgan fingerprint density at radius 2 is 1.00 bits per heavy atom. The molecule has 0 saturated carbocycles. The van der Waals surface area contributed by atoms with Crippen LogP contribution in [0.4, 0.5) is 5.69 Å². The number of nitro groups is 1. The summed E-state index contributed by atoms with van der Waals surface area (Å²) in [4.78, 5) is 11.0. The van der Waals surface area contributed by atoms with E-state index in [1.54, 1.807) is 0 Å². The van der Waals surface area contributed by atoms with Crippen molar-refractivity contribution in [1.82, 2.24) is 0 Å². The summed E-state index contributed by atoms with van der Waals surface area (Å²) in [5.41, 5.74) is 3.35. The molecule has 0 amide bonds. The molecule has 6 aromatic rings. The van der Waals surface area contributed by atoms with Gasteiger partial charge < -0.3 is 28.8 Å². The van der Waals surface area contributed by atoms with Gasteiger partial charge in [-0.1, -0.05) is 152 Å². The lowest BCUT2D eigenvalue weighted by Crippen LogP contribution is -2.62. The fourth-order valence-corrected chi connectivity index (χ4v) is 6.85. The molecule has 6 aromatic carbocycles. The second-order valence-corrected chi connectivity index (χ2v) is 13.0. The van der Waals surface area contributed by atoms with Gasteiger partial charge in [-0.05, 0) is 39.9 Å². The molecule has 54 heavy (non-hydrogen) atoms. The predicted molar refractivity (Wildman–Crippen MR) is 204 cm³/mol. The average molecular weight is 724 g/mol. The third-order valence-corrected chi connectivity index (χ3v) is 9.50. The summed E-state index contributed by atoms with van der Waals surface area (Å²) in [6, 6.07) is 55.1. The molecule has 9 nitrogen and oxygen atoms in total. The fraction of sp³-hybridized carbons (Fsp3) is 0.200. The van der Waals surface area contributed by atoms with Crippen molar-refractivity contribution in [2.75, 3.05) is 6.61 Å². The molecule has 0 aliphatic carbocycles. The van der Waals surface area contributed by atoms with Crippen molar-refractivity contribution in [3.63, 3.8) is 0 Å². The molecule has 1 saturated heterocycles. The van der Waals surface area contributed by atoms with E-state index in [0.717, 1.165) is 27.8 Å². The lowest BCUT2D eigenvalue weighted by molar-refractivity contribution is -0.384. The minimum Gasteiger partial charge on any atom is -0.485 e. The van der Waals surface area contributed by atoms with E-state index in [2.05, 4.69) is 0 Å². The molecule has 5 atom stereocenters. The van der Waals surface area contributed by atoms with Gasteiger partial charge in [-0.15, -0.1) is 0 Å². The van der Waals surface area contributed by atoms with Gasteiger partial charge >= 0.3 is 0 Å². The minimum atomic E-state index is -1.42. The van der Waals surface area contributed by atoms with Crippen molar-refractivity contribution in [1.29, 1.82) is 0 Å². The average Bonchev–Trinajstić information content (AvgIpc) is 3.23. The molecule has 1 aliphatic heterocycles. The number of nitrogens with zero attached hydrogens (tertiary/aromatic N) is 1. The van der Waals surface area contributed by atoms with Crippen molar-refractivity contribution < 1.29 is 33.7 Å². The maximum Gasteiger partial charge on any atom is 0.269 e. The molecule has 1 heterocycles. The molecule has 1 N–H and O–H groups in total. The van der Waals surface area contributed by atoms with Crippen molar-refractivity contribution in [2.24, 2.45) is 0 Å². The van der Waals surface area contributed by atoms with Crippen LogP contribution in [0.15, 0.2) is 176 Å². The van der Waals surface area contributed by atoms with Crippen LogP contribution in [0.2, 0.25) is 0 Å². The van der Waals surface area contributed by atoms with Crippen LogP contribution >= 0.6 is 0 Å². The second kappa shape index (κ2) is 17.4. The number of hydrogen-bond donors (Lipinski definition) is 1. The fourth-order valence-electron chi connectivity index (χ4n) is 6.85. The van der Waals surface area contributed by atoms with E-state index in [9.17, 15) is 15.2 Å². The van der Waals surface area contributed by atoms with Gasteiger partial charge in [0, 0.05) is 12.1 Å². The smallest absolute Gasteiger partial charge is 0.269 e. The summed E-state index contributed by atoms with van der Waals surface area (Å²) in [6.45, 7) is 0.324. The Kier molecular flexibility index (Phi) is 11.8. The molecule has 1 fully saturated rings. The number of ether oxygens (including phenoxy) is 5. The Bertz CT molecular complexity index is 1940. The number of aliphatic hydroxyl groups excluding tert-OH is 1. The van der Waals surface area contributed by atoms with E-state index >= 15 is 0 Å². The highest BCUT2D eigenvalue weighted by atomic mass is 16.7. The van der Waals surface area contributed by atoms with Crippen molar-refractivity contribution >= 4 is 5.69 Å². The molecular formula is C45H41NO8. The second-order valence-electron chi connectivity index (χ2n) is 13.0. The molecular weight excluding hydrogens is 682 g/mol. The molecule has 9 heteroatoms. The highest BCUT2D eigenvalue weighted by Gasteiger charge is 2.50. The topological polar surface area (TPSA) is 110 Å². The van der Waals surface area contributed by atoms with Crippen LogP contribution in [-0.4, -0.2) is 47.3 Å². The van der Waals surface area contributed by atoms with Crippen molar-refractivity contribution in [3.8, 4) is 5.75 Å². The van der Waals surface area contributed by atoms with E-state index < -0.39 is 41.2 Å². The third kappa shape index (κ3) is 8.42. The Morgan fingerprint density at radius 3 is 1.44 bits per heavy atom. The zero-order valence-electron chi connectivity index (χ0n) is 29.5. The van der Waals surface area contributed by atoms with Gasteiger partial charge in [0.05, 0.1) is 24.7 Å². The summed E-state index contributed by atoms with van der Waals surface area (Å²) in [5, 5.41) is 23.2. The number of nitro benzene ring substituents is 1. The van der Waals surface area contributed by atoms with Crippen LogP contribution in [0, 0.1) is 10.1 Å². The monoisotopic (exact) mass is 723 g/mol. The lowest BCUT2D eigenvalue weighted by atomic mass is 9.80. The number of hydrogen-bond acceptors (Lipinski definition) is 8. The van der Waals surface area contributed by atoms with E-state index in [1.807, 2.05) is 152 Å². The highest BCUT2D eigenvalue weighted by molar-refractivity contribution is 5.47. The lowest BCUT2D eigenvalue weighted by Gasteiger charge is -2.45. The largest absolute Gasteiger partial charge is 0.485 e. The van der Waals surface area contributed by atoms with Gasteiger partial charge in [-0.25, -0.2) is 0 Å². The quantitative estimate of drug-likeness (QED) is 0.0641. The molecule has 0 unspecified atom stereocenters. The number of non-ortho nitro benzene ring substituents is 1. The molecule has 0 bridgehead atoms. The standard InChI is InChI=1S/C45H41NO8/c47-44-43(51-31-34-18-8-2-9-19-34)42(50-30-33-16-6-1-7-17-33)41(53-39-28-26-38(27-29-39)46(48)49)40(54-44)32-52-45(35-20-10-3-11-21-35,36-22-12-4-13-23-36)37-24-14-5-15-25-37/h1-29,40-44,47H,30-32H2/t40-,41+,42+,43-,44+/m1/s1. The van der Waals surface area contributed by atoms with Crippen LogP contribution in [0.25, 0.3) is 0 Å². The maximum atomic E-state index is 11.7. The molecule has 0 radical (unpaired) electrons. The molecule has 1 aliphatic rings. The summed E-state index contributed by atoms with van der Waals surface area (Å²) in [7, 11) is 0. The normalized spacial score (nSPS) is 19.9. The van der Waals surface area contributed by atoms with Crippen molar-refractivity contribution in [3.05, 3.63) is 214 Å². The van der Waals surface area contributed by atoms with Gasteiger partial charge in [0.2, 0.25) is 0 Å². The Hall–Kier alpha value is -5.68. The number of rotatable bonds is 15. The molecule has 0 spiro atoms. The SMILES string of the molecule is O=[N+]([O-])c1ccc(O[C@@H]2[C@H](OCc3ccccc3)[C@@H](OCc3ccccc3)[C@@H](O)O[C@@H]2COC(c2ccccc2)(c2ccccc2)c2ccccc2)cc1. The summed E-state index contributed by atoms with van der Waals surface area (Å²) < 4.78 is 33.3. The van der Waals surface area contributed by atoms with Crippen LogP contribution in [0.1, 0.15) is 27.8 Å². The van der Waals surface area contributed by atoms with E-state index in [4.69, 9.17) is 23.7 Å². The first kappa shape index (κ1) is 36.7. The van der Waals surface area contributed by atoms with Gasteiger partial charge in [0.15, 0.2) is 12.4 Å².